The van der Waals surface area contributed by atoms with Gasteiger partial charge >= 0.3 is 11.9 Å². The van der Waals surface area contributed by atoms with Gasteiger partial charge in [0.05, 0.1) is 16.0 Å². The number of hydrogen-bond acceptors (Lipinski definition) is 5. The molecule has 2 aromatic rings. The fraction of sp³-hybridized carbons (Fsp3) is 0.111. The highest BCUT2D eigenvalue weighted by atomic mass is 32.2. The number of aromatic nitrogens is 1. The Kier molecular flexibility index (Phi) is 4.63. The molecular weight excluding hydrogens is 372 g/mol. The van der Waals surface area contributed by atoms with Crippen molar-refractivity contribution in [1.82, 2.24) is 9.88 Å². The summed E-state index contributed by atoms with van der Waals surface area (Å²) in [5, 5.41) is 20.3. The maximum Gasteiger partial charge on any atom is 0.335 e. The number of aryl methyl sites for hydroxylation is 1. The van der Waals surface area contributed by atoms with Gasteiger partial charge in [-0.2, -0.15) is 0 Å². The summed E-state index contributed by atoms with van der Waals surface area (Å²) in [6, 6.07) is 5.63. The van der Waals surface area contributed by atoms with Crippen LogP contribution >= 0.6 is 11.8 Å². The zero-order valence-electron chi connectivity index (χ0n) is 14.3. The average Bonchev–Trinajstić information content (AvgIpc) is 3.05. The normalized spacial score (nSPS) is 15.3. The van der Waals surface area contributed by atoms with Gasteiger partial charge < -0.3 is 14.8 Å². The number of nitrogens with zero attached hydrogens (tertiary/aromatic N) is 1. The summed E-state index contributed by atoms with van der Waals surface area (Å²) in [6.07, 6.45) is 1.57. The molecule has 9 heteroatoms. The third kappa shape index (κ3) is 3.49. The van der Waals surface area contributed by atoms with Crippen molar-refractivity contribution < 1.29 is 29.4 Å². The van der Waals surface area contributed by atoms with Gasteiger partial charge in [0, 0.05) is 17.1 Å². The molecule has 2 amide bonds. The number of thioether (sulfide) groups is 1. The molecule has 1 saturated heterocycles. The van der Waals surface area contributed by atoms with Crippen molar-refractivity contribution in [2.75, 3.05) is 0 Å². The highest BCUT2D eigenvalue weighted by Crippen LogP contribution is 2.29. The number of rotatable bonds is 4. The summed E-state index contributed by atoms with van der Waals surface area (Å²) in [7, 11) is 0. The van der Waals surface area contributed by atoms with Crippen LogP contribution in [0.1, 0.15) is 37.7 Å². The molecule has 0 aliphatic carbocycles. The van der Waals surface area contributed by atoms with E-state index >= 15 is 0 Å². The number of carbonyl (C=O) groups is 4. The molecule has 0 saturated carbocycles. The van der Waals surface area contributed by atoms with Gasteiger partial charge in [0.15, 0.2) is 0 Å². The minimum Gasteiger partial charge on any atom is -0.478 e. The number of hydrogen-bond donors (Lipinski definition) is 3. The van der Waals surface area contributed by atoms with E-state index in [9.17, 15) is 29.4 Å². The van der Waals surface area contributed by atoms with Gasteiger partial charge in [-0.1, -0.05) is 0 Å². The van der Waals surface area contributed by atoms with E-state index in [0.717, 1.165) is 17.8 Å². The number of carbonyl (C=O) groups excluding carboxylic acids is 2. The summed E-state index contributed by atoms with van der Waals surface area (Å²) >= 11 is 0.798. The van der Waals surface area contributed by atoms with Crippen LogP contribution in [0.3, 0.4) is 0 Å². The lowest BCUT2D eigenvalue weighted by Gasteiger charge is -2.12. The molecule has 8 nitrogen and oxygen atoms in total. The molecule has 0 unspecified atom stereocenters. The standard InChI is InChI=1S/C18H14N2O6S/c1-8-3-10(7-14-15(21)19-18(26)27-14)9(2)20(8)13-5-11(16(22)23)4-12(6-13)17(24)25/h3-7H,1-2H3,(H,22,23)(H,24,25)(H,19,21,26)/b14-7+. The Morgan fingerprint density at radius 3 is 2.11 bits per heavy atom. The van der Waals surface area contributed by atoms with Crippen molar-refractivity contribution >= 4 is 40.9 Å². The topological polar surface area (TPSA) is 126 Å². The van der Waals surface area contributed by atoms with Crippen molar-refractivity contribution in [3.05, 3.63) is 57.2 Å². The van der Waals surface area contributed by atoms with E-state index in [0.29, 0.717) is 22.6 Å². The first-order chi connectivity index (χ1) is 12.7. The number of carboxylic acid groups (broad SMARTS) is 2. The molecule has 3 N–H and O–H groups in total. The van der Waals surface area contributed by atoms with Crippen molar-refractivity contribution in [2.45, 2.75) is 13.8 Å². The van der Waals surface area contributed by atoms with Crippen LogP contribution in [0.25, 0.3) is 11.8 Å². The third-order valence-electron chi connectivity index (χ3n) is 4.07. The first kappa shape index (κ1) is 18.5. The molecule has 138 valence electrons. The number of nitrogens with one attached hydrogen (secondary N) is 1. The molecule has 0 radical (unpaired) electrons. The summed E-state index contributed by atoms with van der Waals surface area (Å²) < 4.78 is 1.70. The zero-order valence-corrected chi connectivity index (χ0v) is 15.1. The Bertz CT molecular complexity index is 1020. The molecule has 0 bridgehead atoms. The van der Waals surface area contributed by atoms with Crippen LogP contribution in [0.2, 0.25) is 0 Å². The fourth-order valence-corrected chi connectivity index (χ4v) is 3.55. The SMILES string of the molecule is Cc1cc(/C=C2/SC(=O)NC2=O)c(C)n1-c1cc(C(=O)O)cc(C(=O)O)c1. The minimum atomic E-state index is -1.23. The number of aromatic carboxylic acids is 2. The van der Waals surface area contributed by atoms with Crippen LogP contribution < -0.4 is 5.32 Å². The van der Waals surface area contributed by atoms with Crippen LogP contribution in [-0.2, 0) is 4.79 Å². The van der Waals surface area contributed by atoms with E-state index in [4.69, 9.17) is 0 Å². The molecule has 1 fully saturated rings. The van der Waals surface area contributed by atoms with Gasteiger partial charge in [-0.3, -0.25) is 14.9 Å². The van der Waals surface area contributed by atoms with Crippen LogP contribution in [0.5, 0.6) is 0 Å². The largest absolute Gasteiger partial charge is 0.478 e. The average molecular weight is 386 g/mol. The van der Waals surface area contributed by atoms with Crippen LogP contribution in [0.4, 0.5) is 4.79 Å². The smallest absolute Gasteiger partial charge is 0.335 e. The number of imide groups is 1. The maximum atomic E-state index is 11.7. The Morgan fingerprint density at radius 2 is 1.63 bits per heavy atom. The van der Waals surface area contributed by atoms with Crippen LogP contribution in [0.15, 0.2) is 29.2 Å². The lowest BCUT2D eigenvalue weighted by Crippen LogP contribution is -2.17. The first-order valence-corrected chi connectivity index (χ1v) is 8.55. The highest BCUT2D eigenvalue weighted by Gasteiger charge is 2.25. The molecule has 1 aliphatic heterocycles. The lowest BCUT2D eigenvalue weighted by atomic mass is 10.1. The predicted octanol–water partition coefficient (Wildman–Crippen LogP) is 2.81. The molecule has 0 atom stereocenters. The predicted molar refractivity (Wildman–Crippen MR) is 98.3 cm³/mol. The molecular formula is C18H14N2O6S. The van der Waals surface area contributed by atoms with Crippen LogP contribution in [-0.4, -0.2) is 37.9 Å². The Hall–Kier alpha value is -3.33. The molecule has 1 aromatic heterocycles. The van der Waals surface area contributed by atoms with E-state index in [1.165, 1.54) is 12.1 Å². The van der Waals surface area contributed by atoms with Crippen LogP contribution in [0, 0.1) is 13.8 Å². The molecule has 3 rings (SSSR count). The van der Waals surface area contributed by atoms with Crippen molar-refractivity contribution in [3.63, 3.8) is 0 Å². The van der Waals surface area contributed by atoms with E-state index < -0.39 is 23.1 Å². The van der Waals surface area contributed by atoms with Gasteiger partial charge in [-0.05, 0) is 61.5 Å². The second kappa shape index (κ2) is 6.76. The molecule has 27 heavy (non-hydrogen) atoms. The summed E-state index contributed by atoms with van der Waals surface area (Å²) in [6.45, 7) is 3.53. The quantitative estimate of drug-likeness (QED) is 0.690. The van der Waals surface area contributed by atoms with E-state index in [-0.39, 0.29) is 16.0 Å². The summed E-state index contributed by atoms with van der Waals surface area (Å²) in [5.74, 6) is -2.95. The van der Waals surface area contributed by atoms with Crippen molar-refractivity contribution in [2.24, 2.45) is 0 Å². The van der Waals surface area contributed by atoms with Gasteiger partial charge in [0.1, 0.15) is 0 Å². The van der Waals surface area contributed by atoms with Gasteiger partial charge in [-0.15, -0.1) is 0 Å². The van der Waals surface area contributed by atoms with Crippen molar-refractivity contribution in [3.8, 4) is 5.69 Å². The van der Waals surface area contributed by atoms with E-state index in [1.54, 1.807) is 30.6 Å². The molecule has 1 aromatic carbocycles. The van der Waals surface area contributed by atoms with Gasteiger partial charge in [-0.25, -0.2) is 9.59 Å². The first-order valence-electron chi connectivity index (χ1n) is 7.73. The minimum absolute atomic E-state index is 0.145. The Balaban J connectivity index is 2.14. The number of amides is 2. The second-order valence-electron chi connectivity index (χ2n) is 5.89. The highest BCUT2D eigenvalue weighted by molar-refractivity contribution is 8.18. The second-order valence-corrected chi connectivity index (χ2v) is 6.91. The Morgan fingerprint density at radius 1 is 1.04 bits per heavy atom. The van der Waals surface area contributed by atoms with E-state index in [1.807, 2.05) is 0 Å². The van der Waals surface area contributed by atoms with E-state index in [2.05, 4.69) is 5.32 Å². The third-order valence-corrected chi connectivity index (χ3v) is 4.88. The lowest BCUT2D eigenvalue weighted by molar-refractivity contribution is -0.115. The molecule has 1 aliphatic rings. The van der Waals surface area contributed by atoms with Crippen molar-refractivity contribution in [1.29, 1.82) is 0 Å². The maximum absolute atomic E-state index is 11.7. The van der Waals surface area contributed by atoms with Gasteiger partial charge in [0.25, 0.3) is 11.1 Å². The van der Waals surface area contributed by atoms with Gasteiger partial charge in [0.2, 0.25) is 0 Å². The molecule has 2 heterocycles. The number of benzene rings is 1. The monoisotopic (exact) mass is 386 g/mol. The summed E-state index contributed by atoms with van der Waals surface area (Å²) in [5.41, 5.74) is 2.14. The number of carboxylic acids is 2. The Labute approximate surface area is 157 Å². The fourth-order valence-electron chi connectivity index (χ4n) is 2.88. The zero-order chi connectivity index (χ0) is 19.9. The molecule has 0 spiro atoms. The summed E-state index contributed by atoms with van der Waals surface area (Å²) in [4.78, 5) is 46.0.